The second kappa shape index (κ2) is 8.51. The number of phenolic OH excluding ortho intramolecular Hbond substituents is 1. The van der Waals surface area contributed by atoms with E-state index in [1.165, 1.54) is 0 Å². The predicted octanol–water partition coefficient (Wildman–Crippen LogP) is 5.44. The van der Waals surface area contributed by atoms with Gasteiger partial charge >= 0.3 is 0 Å². The van der Waals surface area contributed by atoms with Crippen molar-refractivity contribution in [3.8, 4) is 17.2 Å². The van der Waals surface area contributed by atoms with Crippen molar-refractivity contribution in [1.29, 1.82) is 0 Å². The van der Waals surface area contributed by atoms with Crippen molar-refractivity contribution >= 4 is 17.3 Å². The second-order valence-electron chi connectivity index (χ2n) is 12.2. The number of Topliss-reactive ketones (excluding diaryl/α,β-unsaturated/α-hetero) is 3. The maximum atomic E-state index is 14.2. The quantitative estimate of drug-likeness (QED) is 0.417. The van der Waals surface area contributed by atoms with E-state index in [0.717, 1.165) is 5.56 Å². The van der Waals surface area contributed by atoms with Gasteiger partial charge in [-0.3, -0.25) is 14.4 Å². The molecular weight excluding hydrogens is 508 g/mol. The molecule has 7 heteroatoms. The molecular formula is C33H32O7. The van der Waals surface area contributed by atoms with Crippen molar-refractivity contribution in [2.75, 3.05) is 0 Å². The maximum absolute atomic E-state index is 14.2. The van der Waals surface area contributed by atoms with Crippen LogP contribution in [0.25, 0.3) is 0 Å². The lowest BCUT2D eigenvalue weighted by Gasteiger charge is -2.57. The monoisotopic (exact) mass is 540 g/mol. The van der Waals surface area contributed by atoms with E-state index in [-0.39, 0.29) is 40.6 Å². The lowest BCUT2D eigenvalue weighted by molar-refractivity contribution is -0.260. The summed E-state index contributed by atoms with van der Waals surface area (Å²) in [4.78, 5) is 41.5. The predicted molar refractivity (Wildman–Crippen MR) is 147 cm³/mol. The summed E-state index contributed by atoms with van der Waals surface area (Å²) < 4.78 is 12.9. The van der Waals surface area contributed by atoms with E-state index < -0.39 is 46.1 Å². The fraction of sp³-hybridized carbons (Fsp3) is 0.364. The highest BCUT2D eigenvalue weighted by molar-refractivity contribution is 6.13. The molecule has 40 heavy (non-hydrogen) atoms. The zero-order valence-corrected chi connectivity index (χ0v) is 23.1. The first-order chi connectivity index (χ1) is 18.8. The molecule has 1 saturated carbocycles. The van der Waals surface area contributed by atoms with Crippen LogP contribution in [0.1, 0.15) is 78.7 Å². The van der Waals surface area contributed by atoms with Crippen molar-refractivity contribution in [2.45, 2.75) is 58.8 Å². The molecule has 7 nitrogen and oxygen atoms in total. The number of carbonyl (C=O) groups excluding carboxylic acids is 3. The molecule has 0 bridgehead atoms. The van der Waals surface area contributed by atoms with Crippen LogP contribution in [0.3, 0.4) is 0 Å². The lowest BCUT2D eigenvalue weighted by atomic mass is 9.51. The van der Waals surface area contributed by atoms with Crippen LogP contribution in [0.2, 0.25) is 0 Å². The van der Waals surface area contributed by atoms with Crippen molar-refractivity contribution in [3.63, 3.8) is 0 Å². The minimum absolute atomic E-state index is 0.0283. The molecule has 1 aliphatic carbocycles. The summed E-state index contributed by atoms with van der Waals surface area (Å²) in [6.45, 7) is 7.94. The SMILES string of the molecule is Cc1c(O)c2c(c3c1O[C@]1(O)[C@@H](C(=O)C(C)(C)C(=O)C1(C)C)[C@@H]3c1ccccc1)O[C@H](c1ccccc1)CC2=O. The Labute approximate surface area is 232 Å². The van der Waals surface area contributed by atoms with Crippen LogP contribution in [0.15, 0.2) is 60.7 Å². The van der Waals surface area contributed by atoms with E-state index in [9.17, 15) is 24.6 Å². The largest absolute Gasteiger partial charge is 0.507 e. The van der Waals surface area contributed by atoms with Crippen molar-refractivity contribution in [1.82, 2.24) is 0 Å². The summed E-state index contributed by atoms with van der Waals surface area (Å²) in [5.41, 5.74) is -0.718. The molecule has 0 spiro atoms. The van der Waals surface area contributed by atoms with E-state index in [1.807, 2.05) is 60.7 Å². The Morgan fingerprint density at radius 3 is 2.02 bits per heavy atom. The molecule has 6 rings (SSSR count). The van der Waals surface area contributed by atoms with Gasteiger partial charge in [0, 0.05) is 17.0 Å². The Hall–Kier alpha value is -3.97. The van der Waals surface area contributed by atoms with Crippen molar-refractivity contribution in [2.24, 2.45) is 16.7 Å². The number of carbonyl (C=O) groups is 3. The summed E-state index contributed by atoms with van der Waals surface area (Å²) in [6.07, 6.45) is -0.596. The number of aliphatic hydroxyl groups is 1. The summed E-state index contributed by atoms with van der Waals surface area (Å²) >= 11 is 0. The molecule has 1 fully saturated rings. The molecule has 0 saturated heterocycles. The molecule has 3 aromatic carbocycles. The number of hydrogen-bond acceptors (Lipinski definition) is 7. The van der Waals surface area contributed by atoms with Crippen LogP contribution >= 0.6 is 0 Å². The zero-order chi connectivity index (χ0) is 28.8. The van der Waals surface area contributed by atoms with E-state index in [2.05, 4.69) is 0 Å². The van der Waals surface area contributed by atoms with Crippen LogP contribution in [0.5, 0.6) is 17.2 Å². The zero-order valence-electron chi connectivity index (χ0n) is 23.1. The number of phenols is 1. The molecule has 3 aromatic rings. The third-order valence-electron chi connectivity index (χ3n) is 9.14. The standard InChI is InChI=1S/C33H32O7/c1-17-26(35)23-20(34)16-21(18-12-8-6-9-13-18)39-28(23)24-22(19-14-10-7-11-15-19)25-29(36)31(2,3)30(37)32(4,5)33(25,38)40-27(17)24/h6-15,21-22,25,35,38H,16H2,1-5H3/t21-,22+,25+,33+/m0/s1. The number of ether oxygens (including phenoxy) is 2. The minimum Gasteiger partial charge on any atom is -0.507 e. The maximum Gasteiger partial charge on any atom is 0.231 e. The number of fused-ring (bicyclic) bond motifs is 4. The highest BCUT2D eigenvalue weighted by Gasteiger charge is 2.71. The molecule has 2 N–H and O–H groups in total. The van der Waals surface area contributed by atoms with Crippen LogP contribution in [0.4, 0.5) is 0 Å². The second-order valence-corrected chi connectivity index (χ2v) is 12.2. The Morgan fingerprint density at radius 2 is 1.43 bits per heavy atom. The average molecular weight is 541 g/mol. The Bertz CT molecular complexity index is 1570. The Morgan fingerprint density at radius 1 is 0.850 bits per heavy atom. The van der Waals surface area contributed by atoms with Gasteiger partial charge in [-0.05, 0) is 45.7 Å². The average Bonchev–Trinajstić information content (AvgIpc) is 2.94. The highest BCUT2D eigenvalue weighted by Crippen LogP contribution is 2.63. The first kappa shape index (κ1) is 26.3. The number of rotatable bonds is 2. The molecule has 2 aliphatic heterocycles. The molecule has 2 heterocycles. The number of hydrogen-bond donors (Lipinski definition) is 2. The topological polar surface area (TPSA) is 110 Å². The third-order valence-corrected chi connectivity index (χ3v) is 9.14. The molecule has 0 aromatic heterocycles. The Balaban J connectivity index is 1.69. The van der Waals surface area contributed by atoms with Gasteiger partial charge in [0.25, 0.3) is 0 Å². The van der Waals surface area contributed by atoms with Crippen molar-refractivity contribution < 1.29 is 34.1 Å². The van der Waals surface area contributed by atoms with Crippen LogP contribution in [-0.4, -0.2) is 33.3 Å². The smallest absolute Gasteiger partial charge is 0.231 e. The molecule has 4 atom stereocenters. The third kappa shape index (κ3) is 3.30. The van der Waals surface area contributed by atoms with Gasteiger partial charge < -0.3 is 19.7 Å². The van der Waals surface area contributed by atoms with Gasteiger partial charge in [0.15, 0.2) is 17.3 Å². The fourth-order valence-corrected chi connectivity index (χ4v) is 6.87. The van der Waals surface area contributed by atoms with E-state index in [1.54, 1.807) is 34.6 Å². The molecule has 0 unspecified atom stereocenters. The van der Waals surface area contributed by atoms with E-state index >= 15 is 0 Å². The van der Waals surface area contributed by atoms with Crippen LogP contribution in [-0.2, 0) is 9.59 Å². The lowest BCUT2D eigenvalue weighted by Crippen LogP contribution is -2.71. The first-order valence-electron chi connectivity index (χ1n) is 13.5. The van der Waals surface area contributed by atoms with Gasteiger partial charge in [0.2, 0.25) is 5.79 Å². The molecule has 3 aliphatic rings. The van der Waals surface area contributed by atoms with E-state index in [4.69, 9.17) is 9.47 Å². The van der Waals surface area contributed by atoms with E-state index in [0.29, 0.717) is 11.1 Å². The first-order valence-corrected chi connectivity index (χ1v) is 13.5. The van der Waals surface area contributed by atoms with Crippen molar-refractivity contribution in [3.05, 3.63) is 88.5 Å². The Kier molecular flexibility index (Phi) is 5.59. The summed E-state index contributed by atoms with van der Waals surface area (Å²) in [6, 6.07) is 18.5. The number of ketones is 3. The normalized spacial score (nSPS) is 28.1. The van der Waals surface area contributed by atoms with Gasteiger partial charge in [0.05, 0.1) is 23.2 Å². The van der Waals surface area contributed by atoms with Gasteiger partial charge in [0.1, 0.15) is 28.9 Å². The molecule has 206 valence electrons. The van der Waals surface area contributed by atoms with Crippen LogP contribution < -0.4 is 9.47 Å². The van der Waals surface area contributed by atoms with Gasteiger partial charge in [-0.2, -0.15) is 0 Å². The number of benzene rings is 3. The summed E-state index contributed by atoms with van der Waals surface area (Å²) in [7, 11) is 0. The fourth-order valence-electron chi connectivity index (χ4n) is 6.87. The van der Waals surface area contributed by atoms with Gasteiger partial charge in [-0.15, -0.1) is 0 Å². The molecule has 0 radical (unpaired) electrons. The van der Waals surface area contributed by atoms with Gasteiger partial charge in [-0.1, -0.05) is 60.7 Å². The van der Waals surface area contributed by atoms with Crippen LogP contribution in [0, 0.1) is 23.7 Å². The van der Waals surface area contributed by atoms with Gasteiger partial charge in [-0.25, -0.2) is 0 Å². The molecule has 0 amide bonds. The summed E-state index contributed by atoms with van der Waals surface area (Å²) in [5, 5.41) is 23.6. The summed E-state index contributed by atoms with van der Waals surface area (Å²) in [5.74, 6) is -5.50. The number of aromatic hydroxyl groups is 1. The minimum atomic E-state index is -2.23. The highest BCUT2D eigenvalue weighted by atomic mass is 16.6.